The van der Waals surface area contributed by atoms with Crippen LogP contribution in [0.4, 0.5) is 5.69 Å². The van der Waals surface area contributed by atoms with Crippen LogP contribution < -0.4 is 19.7 Å². The van der Waals surface area contributed by atoms with E-state index in [9.17, 15) is 9.59 Å². The zero-order valence-electron chi connectivity index (χ0n) is 20.6. The number of aryl methyl sites for hydroxylation is 2. The van der Waals surface area contributed by atoms with Crippen LogP contribution in [0.1, 0.15) is 22.5 Å². The van der Waals surface area contributed by atoms with Crippen LogP contribution in [0, 0.1) is 20.8 Å². The highest BCUT2D eigenvalue weighted by atomic mass is 16.7. The van der Waals surface area contributed by atoms with Crippen LogP contribution >= 0.6 is 0 Å². The number of ether oxygens (including phenoxy) is 2. The SMILES string of the molecule is Cc1cccc(N(CC(=O)NCc2ccc3c(c2)OCO3)C(=O)Cn2c(C)nc3ccccc32)c1C. The maximum absolute atomic E-state index is 13.7. The first-order valence-corrected chi connectivity index (χ1v) is 11.8. The summed E-state index contributed by atoms with van der Waals surface area (Å²) in [7, 11) is 0. The second-order valence-electron chi connectivity index (χ2n) is 8.90. The standard InChI is InChI=1S/C28H28N4O4/c1-18-7-6-10-23(19(18)2)32(28(34)16-31-20(3)30-22-8-4-5-9-24(22)31)15-27(33)29-14-21-11-12-25-26(13-21)36-17-35-25/h4-13H,14-17H2,1-3H3,(H,29,33). The van der Waals surface area contributed by atoms with Crippen molar-refractivity contribution in [2.24, 2.45) is 0 Å². The van der Waals surface area contributed by atoms with Gasteiger partial charge in [0.25, 0.3) is 0 Å². The molecule has 0 spiro atoms. The molecule has 8 nitrogen and oxygen atoms in total. The number of carbonyl (C=O) groups excluding carboxylic acids is 2. The van der Waals surface area contributed by atoms with E-state index in [1.54, 1.807) is 4.90 Å². The second-order valence-corrected chi connectivity index (χ2v) is 8.90. The van der Waals surface area contributed by atoms with Gasteiger partial charge in [-0.05, 0) is 67.8 Å². The Labute approximate surface area is 209 Å². The quantitative estimate of drug-likeness (QED) is 0.428. The minimum Gasteiger partial charge on any atom is -0.454 e. The number of carbonyl (C=O) groups is 2. The molecule has 8 heteroatoms. The molecule has 36 heavy (non-hydrogen) atoms. The lowest BCUT2D eigenvalue weighted by Crippen LogP contribution is -2.42. The van der Waals surface area contributed by atoms with Gasteiger partial charge >= 0.3 is 0 Å². The molecule has 184 valence electrons. The smallest absolute Gasteiger partial charge is 0.247 e. The molecular weight excluding hydrogens is 456 g/mol. The van der Waals surface area contributed by atoms with Crippen LogP contribution in [0.3, 0.4) is 0 Å². The van der Waals surface area contributed by atoms with Crippen LogP contribution in [0.5, 0.6) is 11.5 Å². The van der Waals surface area contributed by atoms with Crippen molar-refractivity contribution < 1.29 is 19.1 Å². The third kappa shape index (κ3) is 4.62. The lowest BCUT2D eigenvalue weighted by atomic mass is 10.1. The molecule has 3 aromatic carbocycles. The minimum absolute atomic E-state index is 0.0785. The Bertz CT molecular complexity index is 1460. The summed E-state index contributed by atoms with van der Waals surface area (Å²) in [6, 6.07) is 19.1. The van der Waals surface area contributed by atoms with E-state index in [0.717, 1.165) is 39.2 Å². The zero-order chi connectivity index (χ0) is 25.2. The average Bonchev–Trinajstić information content (AvgIpc) is 3.47. The van der Waals surface area contributed by atoms with Gasteiger partial charge < -0.3 is 24.3 Å². The molecule has 0 atom stereocenters. The molecule has 4 aromatic rings. The number of nitrogens with zero attached hydrogens (tertiary/aromatic N) is 3. The lowest BCUT2D eigenvalue weighted by Gasteiger charge is -2.25. The van der Waals surface area contributed by atoms with Gasteiger partial charge in [0, 0.05) is 12.2 Å². The van der Waals surface area contributed by atoms with Crippen molar-refractivity contribution in [1.29, 1.82) is 0 Å². The van der Waals surface area contributed by atoms with Gasteiger partial charge in [0.15, 0.2) is 11.5 Å². The van der Waals surface area contributed by atoms with Crippen molar-refractivity contribution in [2.45, 2.75) is 33.9 Å². The Hall–Kier alpha value is -4.33. The predicted octanol–water partition coefficient (Wildman–Crippen LogP) is 4.04. The van der Waals surface area contributed by atoms with Crippen molar-refractivity contribution in [1.82, 2.24) is 14.9 Å². The zero-order valence-corrected chi connectivity index (χ0v) is 20.6. The summed E-state index contributed by atoms with van der Waals surface area (Å²) in [4.78, 5) is 32.8. The number of imidazole rings is 1. The molecular formula is C28H28N4O4. The molecule has 0 aliphatic carbocycles. The number of amides is 2. The van der Waals surface area contributed by atoms with Gasteiger partial charge in [0.05, 0.1) is 11.0 Å². The third-order valence-corrected chi connectivity index (χ3v) is 6.54. The van der Waals surface area contributed by atoms with Crippen molar-refractivity contribution in [3.8, 4) is 11.5 Å². The van der Waals surface area contributed by atoms with E-state index in [2.05, 4.69) is 10.3 Å². The number of para-hydroxylation sites is 2. The van der Waals surface area contributed by atoms with Gasteiger partial charge in [-0.25, -0.2) is 4.98 Å². The molecule has 2 amide bonds. The molecule has 0 bridgehead atoms. The lowest BCUT2D eigenvalue weighted by molar-refractivity contribution is -0.124. The van der Waals surface area contributed by atoms with Gasteiger partial charge in [-0.3, -0.25) is 9.59 Å². The van der Waals surface area contributed by atoms with Crippen LogP contribution in [0.15, 0.2) is 60.7 Å². The predicted molar refractivity (Wildman–Crippen MR) is 137 cm³/mol. The summed E-state index contributed by atoms with van der Waals surface area (Å²) in [5, 5.41) is 2.93. The molecule has 2 heterocycles. The molecule has 0 saturated carbocycles. The van der Waals surface area contributed by atoms with E-state index in [-0.39, 0.29) is 31.7 Å². The van der Waals surface area contributed by atoms with Gasteiger partial charge in [0.1, 0.15) is 18.9 Å². The molecule has 1 aliphatic rings. The molecule has 0 fully saturated rings. The van der Waals surface area contributed by atoms with E-state index in [0.29, 0.717) is 18.0 Å². The maximum Gasteiger partial charge on any atom is 0.247 e. The molecule has 1 N–H and O–H groups in total. The number of nitrogens with one attached hydrogen (secondary N) is 1. The summed E-state index contributed by atoms with van der Waals surface area (Å²) in [6.07, 6.45) is 0. The first-order chi connectivity index (χ1) is 17.4. The van der Waals surface area contributed by atoms with E-state index in [1.165, 1.54) is 0 Å². The number of hydrogen-bond acceptors (Lipinski definition) is 5. The van der Waals surface area contributed by atoms with Crippen molar-refractivity contribution in [3.05, 3.63) is 83.2 Å². The van der Waals surface area contributed by atoms with Gasteiger partial charge in [0.2, 0.25) is 18.6 Å². The van der Waals surface area contributed by atoms with Crippen LogP contribution in [-0.4, -0.2) is 34.7 Å². The van der Waals surface area contributed by atoms with Crippen LogP contribution in [0.2, 0.25) is 0 Å². The topological polar surface area (TPSA) is 85.7 Å². The number of anilines is 1. The highest BCUT2D eigenvalue weighted by Gasteiger charge is 2.23. The first kappa shape index (κ1) is 23.4. The van der Waals surface area contributed by atoms with E-state index >= 15 is 0 Å². The van der Waals surface area contributed by atoms with E-state index in [1.807, 2.05) is 86.0 Å². The minimum atomic E-state index is -0.255. The van der Waals surface area contributed by atoms with E-state index < -0.39 is 0 Å². The summed E-state index contributed by atoms with van der Waals surface area (Å²) in [5.74, 6) is 1.66. The Kier molecular flexibility index (Phi) is 6.33. The molecule has 1 aromatic heterocycles. The van der Waals surface area contributed by atoms with Crippen LogP contribution in [-0.2, 0) is 22.7 Å². The maximum atomic E-state index is 13.7. The summed E-state index contributed by atoms with van der Waals surface area (Å²) in [6.45, 7) is 6.34. The number of fused-ring (bicyclic) bond motifs is 2. The highest BCUT2D eigenvalue weighted by Crippen LogP contribution is 2.32. The third-order valence-electron chi connectivity index (χ3n) is 6.54. The largest absolute Gasteiger partial charge is 0.454 e. The number of aromatic nitrogens is 2. The van der Waals surface area contributed by atoms with Crippen molar-refractivity contribution in [3.63, 3.8) is 0 Å². The summed E-state index contributed by atoms with van der Waals surface area (Å²) < 4.78 is 12.7. The Morgan fingerprint density at radius 2 is 1.81 bits per heavy atom. The Morgan fingerprint density at radius 1 is 1.00 bits per heavy atom. The number of rotatable bonds is 7. The fourth-order valence-corrected chi connectivity index (χ4v) is 4.40. The van der Waals surface area contributed by atoms with Crippen LogP contribution in [0.25, 0.3) is 11.0 Å². The van der Waals surface area contributed by atoms with Gasteiger partial charge in [-0.15, -0.1) is 0 Å². The Balaban J connectivity index is 1.36. The van der Waals surface area contributed by atoms with Gasteiger partial charge in [-0.1, -0.05) is 30.3 Å². The normalized spacial score (nSPS) is 12.1. The highest BCUT2D eigenvalue weighted by molar-refractivity contribution is 6.00. The van der Waals surface area contributed by atoms with E-state index in [4.69, 9.17) is 9.47 Å². The summed E-state index contributed by atoms with van der Waals surface area (Å²) >= 11 is 0. The molecule has 0 unspecified atom stereocenters. The first-order valence-electron chi connectivity index (χ1n) is 11.8. The fourth-order valence-electron chi connectivity index (χ4n) is 4.40. The number of benzene rings is 3. The van der Waals surface area contributed by atoms with Gasteiger partial charge in [-0.2, -0.15) is 0 Å². The van der Waals surface area contributed by atoms with Crippen molar-refractivity contribution in [2.75, 3.05) is 18.2 Å². The molecule has 0 saturated heterocycles. The monoisotopic (exact) mass is 484 g/mol. The fraction of sp³-hybridized carbons (Fsp3) is 0.250. The summed E-state index contributed by atoms with van der Waals surface area (Å²) in [5.41, 5.74) is 5.34. The molecule has 0 radical (unpaired) electrons. The molecule has 5 rings (SSSR count). The second kappa shape index (κ2) is 9.73. The molecule has 1 aliphatic heterocycles. The Morgan fingerprint density at radius 3 is 2.67 bits per heavy atom. The average molecular weight is 485 g/mol. The number of hydrogen-bond donors (Lipinski definition) is 1. The van der Waals surface area contributed by atoms with Crippen molar-refractivity contribution >= 4 is 28.5 Å².